The highest BCUT2D eigenvalue weighted by Crippen LogP contribution is 2.39. The van der Waals surface area contributed by atoms with Gasteiger partial charge in [0.05, 0.1) is 11.7 Å². The van der Waals surface area contributed by atoms with E-state index in [1.807, 2.05) is 13.0 Å². The number of fused-ring (bicyclic) bond motifs is 1. The molecule has 1 aliphatic heterocycles. The van der Waals surface area contributed by atoms with Gasteiger partial charge in [-0.15, -0.1) is 0 Å². The van der Waals surface area contributed by atoms with E-state index in [4.69, 9.17) is 9.84 Å². The lowest BCUT2D eigenvalue weighted by Gasteiger charge is -2.38. The minimum Gasteiger partial charge on any atom is -0.487 e. The van der Waals surface area contributed by atoms with Crippen LogP contribution in [0.1, 0.15) is 61.3 Å². The summed E-state index contributed by atoms with van der Waals surface area (Å²) in [5.41, 5.74) is 4.78. The molecule has 0 spiro atoms. The molecule has 1 atom stereocenters. The lowest BCUT2D eigenvalue weighted by molar-refractivity contribution is 0.225. The molecule has 35 heavy (non-hydrogen) atoms. The first-order valence-corrected chi connectivity index (χ1v) is 12.0. The number of rotatable bonds is 9. The lowest BCUT2D eigenvalue weighted by Crippen LogP contribution is -2.32. The van der Waals surface area contributed by atoms with Gasteiger partial charge < -0.3 is 15.0 Å². The molecule has 8 heteroatoms. The predicted octanol–water partition coefficient (Wildman–Crippen LogP) is 5.14. The van der Waals surface area contributed by atoms with Gasteiger partial charge in [0.25, 0.3) is 0 Å². The van der Waals surface area contributed by atoms with Crippen LogP contribution < -0.4 is 10.1 Å². The number of benzene rings is 1. The number of likely N-dealkylation sites (tertiary alicyclic amines) is 1. The second-order valence-electron chi connectivity index (χ2n) is 8.84. The van der Waals surface area contributed by atoms with E-state index in [9.17, 15) is 9.65 Å². The number of hydrogen-bond donors (Lipinski definition) is 1. The van der Waals surface area contributed by atoms with E-state index in [-0.39, 0.29) is 18.5 Å². The van der Waals surface area contributed by atoms with Crippen LogP contribution in [0.5, 0.6) is 5.75 Å². The fraction of sp³-hybridized carbons (Fsp3) is 0.370. The fourth-order valence-corrected chi connectivity index (χ4v) is 4.45. The first kappa shape index (κ1) is 24.3. The van der Waals surface area contributed by atoms with Gasteiger partial charge in [-0.3, -0.25) is 0 Å². The molecule has 7 nitrogen and oxygen atoms in total. The Bertz CT molecular complexity index is 1290. The maximum Gasteiger partial charge on any atom is 0.157 e. The van der Waals surface area contributed by atoms with Gasteiger partial charge in [-0.2, -0.15) is 10.4 Å². The molecule has 1 unspecified atom stereocenters. The molecule has 1 aliphatic rings. The Labute approximate surface area is 205 Å². The monoisotopic (exact) mass is 474 g/mol. The van der Waals surface area contributed by atoms with Crippen molar-refractivity contribution in [1.29, 1.82) is 5.26 Å². The molecule has 3 heterocycles. The summed E-state index contributed by atoms with van der Waals surface area (Å²) in [5, 5.41) is 17.3. The van der Waals surface area contributed by atoms with Crippen LogP contribution in [0.25, 0.3) is 11.3 Å². The maximum atomic E-state index is 14.3. The molecule has 1 aromatic carbocycles. The number of aryl methyl sites for hydroxylation is 1. The molecule has 2 aromatic heterocycles. The largest absolute Gasteiger partial charge is 0.487 e. The highest BCUT2D eigenvalue weighted by atomic mass is 19.1. The predicted molar refractivity (Wildman–Crippen MR) is 134 cm³/mol. The van der Waals surface area contributed by atoms with E-state index < -0.39 is 0 Å². The molecule has 0 radical (unpaired) electrons. The Balaban J connectivity index is 1.62. The minimum atomic E-state index is -0.346. The van der Waals surface area contributed by atoms with E-state index in [1.165, 1.54) is 12.1 Å². The zero-order valence-electron chi connectivity index (χ0n) is 20.4. The van der Waals surface area contributed by atoms with Gasteiger partial charge in [0, 0.05) is 41.8 Å². The van der Waals surface area contributed by atoms with Gasteiger partial charge in [-0.1, -0.05) is 20.1 Å². The summed E-state index contributed by atoms with van der Waals surface area (Å²) in [5.74, 6) is 0.216. The number of aromatic nitrogens is 3. The van der Waals surface area contributed by atoms with Crippen molar-refractivity contribution in [3.8, 4) is 11.8 Å². The summed E-state index contributed by atoms with van der Waals surface area (Å²) in [6.07, 6.45) is 3.93. The number of ether oxygens (including phenoxy) is 1. The molecular formula is C27H31FN6O. The summed E-state index contributed by atoms with van der Waals surface area (Å²) < 4.78 is 22.1. The quantitative estimate of drug-likeness (QED) is 0.463. The van der Waals surface area contributed by atoms with E-state index >= 15 is 0 Å². The molecule has 0 saturated carbocycles. The van der Waals surface area contributed by atoms with Crippen molar-refractivity contribution in [3.05, 3.63) is 77.6 Å². The van der Waals surface area contributed by atoms with Gasteiger partial charge in [0.1, 0.15) is 29.9 Å². The summed E-state index contributed by atoms with van der Waals surface area (Å²) in [7, 11) is 0. The third kappa shape index (κ3) is 5.29. The fourth-order valence-electron chi connectivity index (χ4n) is 4.45. The SMILES string of the molecule is C=C(COc1ccc(F)cc1C(=C)N1CCCCC1c1cc2nc(C#N)cc(C)n2n1)NCCC. The molecule has 4 rings (SSSR count). The van der Waals surface area contributed by atoms with Crippen molar-refractivity contribution in [2.45, 2.75) is 45.6 Å². The number of nitrogens with zero attached hydrogens (tertiary/aromatic N) is 5. The van der Waals surface area contributed by atoms with Crippen molar-refractivity contribution in [1.82, 2.24) is 24.8 Å². The van der Waals surface area contributed by atoms with Gasteiger partial charge in [0.15, 0.2) is 5.65 Å². The number of nitrogens with one attached hydrogen (secondary N) is 1. The maximum absolute atomic E-state index is 14.3. The van der Waals surface area contributed by atoms with Crippen LogP contribution in [0, 0.1) is 24.1 Å². The van der Waals surface area contributed by atoms with Crippen LogP contribution in [-0.2, 0) is 0 Å². The number of hydrogen-bond acceptors (Lipinski definition) is 6. The van der Waals surface area contributed by atoms with Crippen molar-refractivity contribution in [2.24, 2.45) is 0 Å². The van der Waals surface area contributed by atoms with Gasteiger partial charge >= 0.3 is 0 Å². The smallest absolute Gasteiger partial charge is 0.157 e. The summed E-state index contributed by atoms with van der Waals surface area (Å²) in [6, 6.07) is 10.2. The minimum absolute atomic E-state index is 0.0415. The van der Waals surface area contributed by atoms with Crippen molar-refractivity contribution >= 4 is 11.3 Å². The zero-order chi connectivity index (χ0) is 24.9. The van der Waals surface area contributed by atoms with E-state index in [0.29, 0.717) is 28.4 Å². The molecule has 3 aromatic rings. The van der Waals surface area contributed by atoms with Crippen LogP contribution in [0.15, 0.2) is 49.2 Å². The van der Waals surface area contributed by atoms with Crippen molar-refractivity contribution in [3.63, 3.8) is 0 Å². The van der Waals surface area contributed by atoms with Gasteiger partial charge in [0.2, 0.25) is 0 Å². The Morgan fingerprint density at radius 2 is 2.11 bits per heavy atom. The average molecular weight is 475 g/mol. The van der Waals surface area contributed by atoms with Crippen LogP contribution >= 0.6 is 0 Å². The molecule has 0 aliphatic carbocycles. The van der Waals surface area contributed by atoms with E-state index in [2.05, 4.69) is 41.4 Å². The molecular weight excluding hydrogens is 443 g/mol. The van der Waals surface area contributed by atoms with Crippen LogP contribution in [0.4, 0.5) is 4.39 Å². The molecule has 1 N–H and O–H groups in total. The molecule has 182 valence electrons. The number of piperidine rings is 1. The Morgan fingerprint density at radius 1 is 1.29 bits per heavy atom. The summed E-state index contributed by atoms with van der Waals surface area (Å²) in [4.78, 5) is 6.58. The first-order valence-electron chi connectivity index (χ1n) is 12.0. The second kappa shape index (κ2) is 10.6. The van der Waals surface area contributed by atoms with E-state index in [1.54, 1.807) is 16.6 Å². The zero-order valence-corrected chi connectivity index (χ0v) is 20.4. The summed E-state index contributed by atoms with van der Waals surface area (Å²) >= 11 is 0. The van der Waals surface area contributed by atoms with E-state index in [0.717, 1.165) is 55.9 Å². The molecule has 1 saturated heterocycles. The Hall–Kier alpha value is -3.86. The standard InChI is InChI=1S/C27H31FN6O/c1-5-11-30-18(2)17-35-26-10-9-21(28)14-23(26)20(4)33-12-7-6-8-25(33)24-15-27-31-22(16-29)13-19(3)34(27)32-24/h9-10,13-15,25,30H,2,4-8,11-12,17H2,1,3H3. The third-order valence-electron chi connectivity index (χ3n) is 6.21. The van der Waals surface area contributed by atoms with Crippen molar-refractivity contribution < 1.29 is 9.13 Å². The summed E-state index contributed by atoms with van der Waals surface area (Å²) in [6.45, 7) is 14.2. The van der Waals surface area contributed by atoms with Crippen LogP contribution in [-0.4, -0.2) is 39.2 Å². The third-order valence-corrected chi connectivity index (χ3v) is 6.21. The average Bonchev–Trinajstić information content (AvgIpc) is 3.31. The first-order chi connectivity index (χ1) is 16.9. The highest BCUT2D eigenvalue weighted by molar-refractivity contribution is 5.68. The highest BCUT2D eigenvalue weighted by Gasteiger charge is 2.29. The second-order valence-corrected chi connectivity index (χ2v) is 8.84. The lowest BCUT2D eigenvalue weighted by atomic mass is 9.97. The Kier molecular flexibility index (Phi) is 7.35. The molecule has 1 fully saturated rings. The van der Waals surface area contributed by atoms with Crippen LogP contribution in [0.2, 0.25) is 0 Å². The van der Waals surface area contributed by atoms with Crippen LogP contribution in [0.3, 0.4) is 0 Å². The number of nitriles is 1. The molecule has 0 bridgehead atoms. The Morgan fingerprint density at radius 3 is 2.89 bits per heavy atom. The van der Waals surface area contributed by atoms with Gasteiger partial charge in [-0.25, -0.2) is 13.9 Å². The number of halogens is 1. The van der Waals surface area contributed by atoms with Gasteiger partial charge in [-0.05, 0) is 56.9 Å². The van der Waals surface area contributed by atoms with Crippen molar-refractivity contribution in [2.75, 3.05) is 19.7 Å². The normalized spacial score (nSPS) is 15.6. The topological polar surface area (TPSA) is 78.5 Å². The molecule has 0 amide bonds.